The van der Waals surface area contributed by atoms with Gasteiger partial charge in [-0.25, -0.2) is 9.97 Å². The maximum absolute atomic E-state index is 10.9. The van der Waals surface area contributed by atoms with Gasteiger partial charge in [0.1, 0.15) is 18.0 Å². The van der Waals surface area contributed by atoms with Gasteiger partial charge in [-0.2, -0.15) is 0 Å². The molecule has 3 N–H and O–H groups in total. The quantitative estimate of drug-likeness (QED) is 0.754. The van der Waals surface area contributed by atoms with Crippen LogP contribution in [0.4, 0.5) is 11.6 Å². The van der Waals surface area contributed by atoms with Gasteiger partial charge in [0.05, 0.1) is 6.54 Å². The molecular weight excluding hydrogens is 218 g/mol. The van der Waals surface area contributed by atoms with E-state index in [1.807, 2.05) is 6.92 Å². The van der Waals surface area contributed by atoms with Crippen LogP contribution < -0.4 is 16.0 Å². The number of carbonyl (C=O) groups excluding carboxylic acids is 1. The Kier molecular flexibility index (Phi) is 4.68. The average Bonchev–Trinajstić information content (AvgIpc) is 2.26. The fraction of sp³-hybridized carbons (Fsp3) is 0.545. The molecular formula is C11H19N5O. The predicted molar refractivity (Wildman–Crippen MR) is 68.0 cm³/mol. The minimum absolute atomic E-state index is 0.144. The summed E-state index contributed by atoms with van der Waals surface area (Å²) in [5, 5.41) is 3.22. The Hall–Kier alpha value is -1.85. The lowest BCUT2D eigenvalue weighted by Gasteiger charge is -2.19. The number of nitrogens with zero attached hydrogens (tertiary/aromatic N) is 3. The number of primary amides is 1. The van der Waals surface area contributed by atoms with Crippen molar-refractivity contribution in [2.45, 2.75) is 20.3 Å². The number of rotatable bonds is 6. The second kappa shape index (κ2) is 6.03. The van der Waals surface area contributed by atoms with Crippen LogP contribution in [0.5, 0.6) is 0 Å². The van der Waals surface area contributed by atoms with Crippen molar-refractivity contribution in [2.24, 2.45) is 5.73 Å². The molecule has 94 valence electrons. The van der Waals surface area contributed by atoms with Crippen LogP contribution in [0, 0.1) is 6.92 Å². The third-order valence-electron chi connectivity index (χ3n) is 2.35. The first-order valence-electron chi connectivity index (χ1n) is 5.61. The van der Waals surface area contributed by atoms with Crippen LogP contribution in [0.3, 0.4) is 0 Å². The molecule has 1 aromatic heterocycles. The molecule has 0 unspecified atom stereocenters. The smallest absolute Gasteiger partial charge is 0.236 e. The summed E-state index contributed by atoms with van der Waals surface area (Å²) >= 11 is 0. The van der Waals surface area contributed by atoms with Crippen molar-refractivity contribution in [2.75, 3.05) is 30.4 Å². The lowest BCUT2D eigenvalue weighted by molar-refractivity contribution is -0.116. The second-order valence-electron chi connectivity index (χ2n) is 3.92. The number of hydrogen-bond acceptors (Lipinski definition) is 5. The number of nitrogens with one attached hydrogen (secondary N) is 1. The molecule has 0 saturated heterocycles. The van der Waals surface area contributed by atoms with Gasteiger partial charge < -0.3 is 16.0 Å². The highest BCUT2D eigenvalue weighted by atomic mass is 16.1. The van der Waals surface area contributed by atoms with E-state index in [1.165, 1.54) is 6.33 Å². The van der Waals surface area contributed by atoms with Gasteiger partial charge in [0.15, 0.2) is 0 Å². The molecule has 0 aliphatic rings. The largest absolute Gasteiger partial charge is 0.370 e. The Morgan fingerprint density at radius 3 is 2.82 bits per heavy atom. The molecule has 0 atom stereocenters. The highest BCUT2D eigenvalue weighted by Gasteiger charge is 2.12. The summed E-state index contributed by atoms with van der Waals surface area (Å²) in [6.45, 7) is 5.01. The van der Waals surface area contributed by atoms with Crippen LogP contribution in [-0.4, -0.2) is 36.0 Å². The molecule has 1 aromatic rings. The van der Waals surface area contributed by atoms with E-state index >= 15 is 0 Å². The molecule has 0 spiro atoms. The van der Waals surface area contributed by atoms with E-state index in [9.17, 15) is 4.79 Å². The van der Waals surface area contributed by atoms with Crippen molar-refractivity contribution >= 4 is 17.5 Å². The fourth-order valence-electron chi connectivity index (χ4n) is 1.56. The van der Waals surface area contributed by atoms with Crippen molar-refractivity contribution in [3.8, 4) is 0 Å². The molecule has 6 heteroatoms. The van der Waals surface area contributed by atoms with E-state index in [2.05, 4.69) is 22.2 Å². The SMILES string of the molecule is CCCNc1ncnc(N(C)CC(N)=O)c1C. The number of hydrogen-bond donors (Lipinski definition) is 2. The molecule has 6 nitrogen and oxygen atoms in total. The normalized spacial score (nSPS) is 10.1. The van der Waals surface area contributed by atoms with Crippen molar-refractivity contribution in [1.29, 1.82) is 0 Å². The number of likely N-dealkylation sites (N-methyl/N-ethyl adjacent to an activating group) is 1. The van der Waals surface area contributed by atoms with Crippen LogP contribution in [-0.2, 0) is 4.79 Å². The Morgan fingerprint density at radius 1 is 1.53 bits per heavy atom. The van der Waals surface area contributed by atoms with Crippen LogP contribution >= 0.6 is 0 Å². The molecule has 0 aliphatic heterocycles. The van der Waals surface area contributed by atoms with E-state index in [4.69, 9.17) is 5.73 Å². The number of anilines is 2. The van der Waals surface area contributed by atoms with E-state index in [0.29, 0.717) is 0 Å². The fourth-order valence-corrected chi connectivity index (χ4v) is 1.56. The summed E-state index contributed by atoms with van der Waals surface area (Å²) in [7, 11) is 1.78. The Morgan fingerprint density at radius 2 is 2.24 bits per heavy atom. The summed E-state index contributed by atoms with van der Waals surface area (Å²) in [4.78, 5) is 20.9. The molecule has 1 amide bonds. The molecule has 1 heterocycles. The van der Waals surface area contributed by atoms with Crippen molar-refractivity contribution in [1.82, 2.24) is 9.97 Å². The van der Waals surface area contributed by atoms with E-state index < -0.39 is 0 Å². The van der Waals surface area contributed by atoms with Crippen molar-refractivity contribution in [3.05, 3.63) is 11.9 Å². The monoisotopic (exact) mass is 237 g/mol. The van der Waals surface area contributed by atoms with Crippen molar-refractivity contribution in [3.63, 3.8) is 0 Å². The van der Waals surface area contributed by atoms with Crippen molar-refractivity contribution < 1.29 is 4.79 Å². The van der Waals surface area contributed by atoms with Gasteiger partial charge in [0, 0.05) is 19.2 Å². The average molecular weight is 237 g/mol. The lowest BCUT2D eigenvalue weighted by Crippen LogP contribution is -2.31. The number of amides is 1. The minimum Gasteiger partial charge on any atom is -0.370 e. The molecule has 0 aliphatic carbocycles. The molecule has 0 radical (unpaired) electrons. The number of carbonyl (C=O) groups is 1. The third-order valence-corrected chi connectivity index (χ3v) is 2.35. The summed E-state index contributed by atoms with van der Waals surface area (Å²) in [6.07, 6.45) is 2.51. The molecule has 0 fully saturated rings. The zero-order valence-corrected chi connectivity index (χ0v) is 10.5. The summed E-state index contributed by atoms with van der Waals surface area (Å²) in [5.41, 5.74) is 6.08. The lowest BCUT2D eigenvalue weighted by atomic mass is 10.3. The van der Waals surface area contributed by atoms with Gasteiger partial charge in [-0.05, 0) is 13.3 Å². The second-order valence-corrected chi connectivity index (χ2v) is 3.92. The number of nitrogens with two attached hydrogens (primary N) is 1. The molecule has 0 saturated carbocycles. The predicted octanol–water partition coefficient (Wildman–Crippen LogP) is 0.528. The molecule has 0 bridgehead atoms. The van der Waals surface area contributed by atoms with Crippen LogP contribution in [0.15, 0.2) is 6.33 Å². The molecule has 0 aromatic carbocycles. The van der Waals surface area contributed by atoms with Gasteiger partial charge >= 0.3 is 0 Å². The first-order valence-corrected chi connectivity index (χ1v) is 5.61. The van der Waals surface area contributed by atoms with E-state index in [1.54, 1.807) is 11.9 Å². The summed E-state index contributed by atoms with van der Waals surface area (Å²) in [6, 6.07) is 0. The third kappa shape index (κ3) is 3.58. The van der Waals surface area contributed by atoms with Gasteiger partial charge in [0.2, 0.25) is 5.91 Å². The first-order chi connectivity index (χ1) is 8.06. The summed E-state index contributed by atoms with van der Waals surface area (Å²) in [5.74, 6) is 1.14. The van der Waals surface area contributed by atoms with Gasteiger partial charge in [-0.3, -0.25) is 4.79 Å². The van der Waals surface area contributed by atoms with E-state index in [-0.39, 0.29) is 12.5 Å². The maximum Gasteiger partial charge on any atom is 0.236 e. The van der Waals surface area contributed by atoms with Gasteiger partial charge in [-0.1, -0.05) is 6.92 Å². The van der Waals surface area contributed by atoms with Crippen LogP contribution in [0.2, 0.25) is 0 Å². The van der Waals surface area contributed by atoms with Crippen LogP contribution in [0.1, 0.15) is 18.9 Å². The minimum atomic E-state index is -0.381. The zero-order valence-electron chi connectivity index (χ0n) is 10.5. The van der Waals surface area contributed by atoms with Crippen LogP contribution in [0.25, 0.3) is 0 Å². The Balaban J connectivity index is 2.89. The molecule has 1 rings (SSSR count). The number of aromatic nitrogens is 2. The zero-order chi connectivity index (χ0) is 12.8. The van der Waals surface area contributed by atoms with Gasteiger partial charge in [-0.15, -0.1) is 0 Å². The van der Waals surface area contributed by atoms with E-state index in [0.717, 1.165) is 30.2 Å². The summed E-state index contributed by atoms with van der Waals surface area (Å²) < 4.78 is 0. The Bertz CT molecular complexity index is 393. The Labute approximate surface area is 101 Å². The standard InChI is InChI=1S/C11H19N5O/c1-4-5-13-10-8(2)11(15-7-14-10)16(3)6-9(12)17/h7H,4-6H2,1-3H3,(H2,12,17)(H,13,14,15). The highest BCUT2D eigenvalue weighted by Crippen LogP contribution is 2.20. The van der Waals surface area contributed by atoms with Gasteiger partial charge in [0.25, 0.3) is 0 Å². The maximum atomic E-state index is 10.9. The first kappa shape index (κ1) is 13.2. The highest BCUT2D eigenvalue weighted by molar-refractivity contribution is 5.79. The topological polar surface area (TPSA) is 84.1 Å². The molecule has 17 heavy (non-hydrogen) atoms.